The zero-order valence-electron chi connectivity index (χ0n) is 21.0. The molecule has 1 aliphatic carbocycles. The maximum absolute atomic E-state index is 12.9. The standard InChI is InChI=1S/C26H31N5O6/c1-14(2)22(26(35)36)29-24(34)21-13-27-25(37-21)18-6-4-5-17(11-18)19-12-20(31(30-19)9-10-32)23(33)28-15(3)16-7-8-16/h4-6,11-16,22,32H,7-10H2,1-3H3,(H,28,33)(H,29,34)(H,35,36)/t15-,22-/m0/s1. The number of carbonyl (C=O) groups excluding carboxylic acids is 2. The van der Waals surface area contributed by atoms with Crippen LogP contribution in [0.25, 0.3) is 22.7 Å². The van der Waals surface area contributed by atoms with Gasteiger partial charge in [0.2, 0.25) is 11.7 Å². The molecule has 11 heteroatoms. The number of oxazole rings is 1. The van der Waals surface area contributed by atoms with E-state index < -0.39 is 17.9 Å². The Bertz CT molecular complexity index is 1290. The minimum atomic E-state index is -1.13. The van der Waals surface area contributed by atoms with E-state index in [1.165, 1.54) is 10.9 Å². The van der Waals surface area contributed by atoms with Crippen molar-refractivity contribution in [1.82, 2.24) is 25.4 Å². The van der Waals surface area contributed by atoms with Gasteiger partial charge in [-0.25, -0.2) is 9.78 Å². The van der Waals surface area contributed by atoms with Gasteiger partial charge in [-0.15, -0.1) is 0 Å². The minimum Gasteiger partial charge on any atom is -0.480 e. The fraction of sp³-hybridized carbons (Fsp3) is 0.423. The number of hydrogen-bond acceptors (Lipinski definition) is 7. The fourth-order valence-electron chi connectivity index (χ4n) is 4.05. The maximum Gasteiger partial charge on any atom is 0.326 e. The Balaban J connectivity index is 1.55. The van der Waals surface area contributed by atoms with Crippen molar-refractivity contribution in [2.24, 2.45) is 11.8 Å². The van der Waals surface area contributed by atoms with E-state index in [0.717, 1.165) is 12.8 Å². The first-order chi connectivity index (χ1) is 17.7. The molecule has 2 aromatic heterocycles. The summed E-state index contributed by atoms with van der Waals surface area (Å²) in [6, 6.07) is 7.80. The van der Waals surface area contributed by atoms with E-state index in [1.807, 2.05) is 13.0 Å². The quantitative estimate of drug-likeness (QED) is 0.307. The number of nitrogens with zero attached hydrogens (tertiary/aromatic N) is 3. The molecular formula is C26H31N5O6. The predicted molar refractivity (Wildman–Crippen MR) is 134 cm³/mol. The highest BCUT2D eigenvalue weighted by atomic mass is 16.4. The Labute approximate surface area is 213 Å². The third kappa shape index (κ3) is 6.05. The van der Waals surface area contributed by atoms with Crippen LogP contribution in [0.5, 0.6) is 0 Å². The Morgan fingerprint density at radius 3 is 2.49 bits per heavy atom. The third-order valence-corrected chi connectivity index (χ3v) is 6.37. The largest absolute Gasteiger partial charge is 0.480 e. The molecule has 196 valence electrons. The van der Waals surface area contributed by atoms with E-state index in [9.17, 15) is 24.6 Å². The van der Waals surface area contributed by atoms with E-state index in [1.54, 1.807) is 38.1 Å². The summed E-state index contributed by atoms with van der Waals surface area (Å²) in [4.78, 5) is 41.0. The molecular weight excluding hydrogens is 478 g/mol. The van der Waals surface area contributed by atoms with Crippen LogP contribution in [-0.2, 0) is 11.3 Å². The van der Waals surface area contributed by atoms with Crippen molar-refractivity contribution in [3.8, 4) is 22.7 Å². The number of nitrogens with one attached hydrogen (secondary N) is 2. The Morgan fingerprint density at radius 1 is 1.11 bits per heavy atom. The van der Waals surface area contributed by atoms with E-state index >= 15 is 0 Å². The van der Waals surface area contributed by atoms with Crippen molar-refractivity contribution in [1.29, 1.82) is 0 Å². The van der Waals surface area contributed by atoms with Gasteiger partial charge < -0.3 is 25.3 Å². The van der Waals surface area contributed by atoms with Crippen LogP contribution in [0.15, 0.2) is 40.9 Å². The molecule has 11 nitrogen and oxygen atoms in total. The summed E-state index contributed by atoms with van der Waals surface area (Å²) in [5.41, 5.74) is 2.15. The van der Waals surface area contributed by atoms with Crippen molar-refractivity contribution in [3.63, 3.8) is 0 Å². The van der Waals surface area contributed by atoms with E-state index in [4.69, 9.17) is 4.42 Å². The number of aliphatic carboxylic acids is 1. The molecule has 4 N–H and O–H groups in total. The second kappa shape index (κ2) is 11.0. The summed E-state index contributed by atoms with van der Waals surface area (Å²) < 4.78 is 7.11. The van der Waals surface area contributed by atoms with Crippen molar-refractivity contribution in [2.45, 2.75) is 52.2 Å². The van der Waals surface area contributed by atoms with Crippen LogP contribution in [0.4, 0.5) is 0 Å². The molecule has 1 fully saturated rings. The second-order valence-corrected chi connectivity index (χ2v) is 9.60. The monoisotopic (exact) mass is 509 g/mol. The Hall–Kier alpha value is -3.99. The molecule has 3 aromatic rings. The van der Waals surface area contributed by atoms with Gasteiger partial charge in [-0.1, -0.05) is 26.0 Å². The summed E-state index contributed by atoms with van der Waals surface area (Å²) in [5.74, 6) is -1.79. The van der Waals surface area contributed by atoms with Crippen molar-refractivity contribution in [3.05, 3.63) is 48.0 Å². The molecule has 4 rings (SSSR count). The number of aliphatic hydroxyl groups excluding tert-OH is 1. The SMILES string of the molecule is CC(C)[C@H](NC(=O)c1cnc(-c2cccc(-c3cc(C(=O)N[C@@H](C)C4CC4)n(CCO)n3)c2)o1)C(=O)O. The molecule has 2 atom stereocenters. The number of rotatable bonds is 11. The van der Waals surface area contributed by atoms with Crippen LogP contribution in [0.3, 0.4) is 0 Å². The number of amides is 2. The lowest BCUT2D eigenvalue weighted by Gasteiger charge is -2.16. The van der Waals surface area contributed by atoms with Crippen LogP contribution < -0.4 is 10.6 Å². The van der Waals surface area contributed by atoms with Gasteiger partial charge in [-0.2, -0.15) is 5.10 Å². The molecule has 2 heterocycles. The number of hydrogen-bond donors (Lipinski definition) is 4. The number of carbonyl (C=O) groups is 3. The summed E-state index contributed by atoms with van der Waals surface area (Å²) in [6.07, 6.45) is 3.46. The third-order valence-electron chi connectivity index (χ3n) is 6.37. The lowest BCUT2D eigenvalue weighted by molar-refractivity contribution is -0.140. The molecule has 1 aliphatic rings. The maximum atomic E-state index is 12.9. The van der Waals surface area contributed by atoms with Gasteiger partial charge in [-0.3, -0.25) is 14.3 Å². The van der Waals surface area contributed by atoms with Gasteiger partial charge in [0.05, 0.1) is 25.0 Å². The number of benzene rings is 1. The molecule has 0 spiro atoms. The molecule has 2 amide bonds. The molecule has 0 bridgehead atoms. The average Bonchev–Trinajstić information content (AvgIpc) is 3.44. The Kier molecular flexibility index (Phi) is 7.72. The summed E-state index contributed by atoms with van der Waals surface area (Å²) in [5, 5.41) is 28.8. The van der Waals surface area contributed by atoms with Gasteiger partial charge in [0, 0.05) is 17.2 Å². The van der Waals surface area contributed by atoms with E-state index in [2.05, 4.69) is 20.7 Å². The molecule has 0 aliphatic heterocycles. The van der Waals surface area contributed by atoms with Gasteiger partial charge >= 0.3 is 5.97 Å². The predicted octanol–water partition coefficient (Wildman–Crippen LogP) is 2.56. The first kappa shape index (κ1) is 26.1. The highest BCUT2D eigenvalue weighted by Gasteiger charge is 2.30. The lowest BCUT2D eigenvalue weighted by Crippen LogP contribution is -2.44. The average molecular weight is 510 g/mol. The fourth-order valence-corrected chi connectivity index (χ4v) is 4.05. The Morgan fingerprint density at radius 2 is 1.84 bits per heavy atom. The number of carboxylic acids is 1. The summed E-state index contributed by atoms with van der Waals surface area (Å²) in [6.45, 7) is 5.39. The normalized spacial score (nSPS) is 14.8. The van der Waals surface area contributed by atoms with Gasteiger partial charge in [0.15, 0.2) is 0 Å². The van der Waals surface area contributed by atoms with Crippen LogP contribution in [-0.4, -0.2) is 61.5 Å². The second-order valence-electron chi connectivity index (χ2n) is 9.60. The van der Waals surface area contributed by atoms with Gasteiger partial charge in [0.25, 0.3) is 11.8 Å². The topological polar surface area (TPSA) is 160 Å². The summed E-state index contributed by atoms with van der Waals surface area (Å²) in [7, 11) is 0. The van der Waals surface area contributed by atoms with Crippen LogP contribution >= 0.6 is 0 Å². The zero-order valence-corrected chi connectivity index (χ0v) is 21.0. The minimum absolute atomic E-state index is 0.0690. The molecule has 0 saturated heterocycles. The molecule has 0 radical (unpaired) electrons. The number of carboxylic acid groups (broad SMARTS) is 1. The van der Waals surface area contributed by atoms with Crippen LogP contribution in [0.2, 0.25) is 0 Å². The molecule has 0 unspecified atom stereocenters. The first-order valence-electron chi connectivity index (χ1n) is 12.3. The van der Waals surface area contributed by atoms with Gasteiger partial charge in [0.1, 0.15) is 11.7 Å². The van der Waals surface area contributed by atoms with E-state index in [-0.39, 0.29) is 42.7 Å². The zero-order chi connectivity index (χ0) is 26.7. The lowest BCUT2D eigenvalue weighted by atomic mass is 10.0. The van der Waals surface area contributed by atoms with Crippen LogP contribution in [0.1, 0.15) is 54.7 Å². The smallest absolute Gasteiger partial charge is 0.326 e. The highest BCUT2D eigenvalue weighted by molar-refractivity contribution is 5.95. The van der Waals surface area contributed by atoms with Crippen molar-refractivity contribution >= 4 is 17.8 Å². The molecule has 1 saturated carbocycles. The number of aromatic nitrogens is 3. The molecule has 1 aromatic carbocycles. The number of aliphatic hydroxyl groups is 1. The highest BCUT2D eigenvalue weighted by Crippen LogP contribution is 2.32. The first-order valence-corrected chi connectivity index (χ1v) is 12.3. The molecule has 37 heavy (non-hydrogen) atoms. The van der Waals surface area contributed by atoms with Gasteiger partial charge in [-0.05, 0) is 49.8 Å². The van der Waals surface area contributed by atoms with Crippen molar-refractivity contribution in [2.75, 3.05) is 6.61 Å². The summed E-state index contributed by atoms with van der Waals surface area (Å²) >= 11 is 0. The van der Waals surface area contributed by atoms with Crippen LogP contribution in [0, 0.1) is 11.8 Å². The van der Waals surface area contributed by atoms with Crippen molar-refractivity contribution < 1.29 is 29.0 Å². The van der Waals surface area contributed by atoms with E-state index in [0.29, 0.717) is 28.4 Å².